The van der Waals surface area contributed by atoms with Crippen LogP contribution in [0.4, 0.5) is 16.2 Å². The molecule has 1 aromatic carbocycles. The van der Waals surface area contributed by atoms with Crippen molar-refractivity contribution in [2.75, 3.05) is 22.9 Å². The van der Waals surface area contributed by atoms with Crippen LogP contribution in [0.5, 0.6) is 0 Å². The number of urea groups is 1. The maximum Gasteiger partial charge on any atom is 0.322 e. The van der Waals surface area contributed by atoms with Gasteiger partial charge in [0.2, 0.25) is 0 Å². The molecule has 3 N–H and O–H groups in total. The molecule has 19 heavy (non-hydrogen) atoms. The summed E-state index contributed by atoms with van der Waals surface area (Å²) in [7, 11) is 0. The van der Waals surface area contributed by atoms with Crippen LogP contribution in [-0.2, 0) is 0 Å². The number of fused-ring (bicyclic) bond motifs is 1. The summed E-state index contributed by atoms with van der Waals surface area (Å²) in [4.78, 5) is 15.4. The standard InChI is InChI=1S/C14H19N3OS/c15-10-5-6-13-12(9-10)17(7-8-19-13)14(18)16-11-3-1-2-4-11/h5-6,9,11H,1-4,7-8,15H2,(H,16,18). The number of nitrogens with zero attached hydrogens (tertiary/aromatic N) is 1. The molecule has 0 spiro atoms. The Bertz CT molecular complexity index is 486. The first-order valence-corrected chi connectivity index (χ1v) is 7.83. The van der Waals surface area contributed by atoms with E-state index in [2.05, 4.69) is 5.32 Å². The first-order chi connectivity index (χ1) is 9.24. The SMILES string of the molecule is Nc1ccc2c(c1)N(C(=O)NC1CCCC1)CCS2. The Morgan fingerprint density at radius 3 is 2.95 bits per heavy atom. The molecule has 1 heterocycles. The van der Waals surface area contributed by atoms with E-state index >= 15 is 0 Å². The van der Waals surface area contributed by atoms with E-state index in [-0.39, 0.29) is 6.03 Å². The van der Waals surface area contributed by atoms with Crippen molar-refractivity contribution < 1.29 is 4.79 Å². The van der Waals surface area contributed by atoms with Gasteiger partial charge < -0.3 is 11.1 Å². The van der Waals surface area contributed by atoms with Gasteiger partial charge in [-0.15, -0.1) is 11.8 Å². The first-order valence-electron chi connectivity index (χ1n) is 6.84. The van der Waals surface area contributed by atoms with Crippen molar-refractivity contribution in [1.29, 1.82) is 0 Å². The highest BCUT2D eigenvalue weighted by molar-refractivity contribution is 7.99. The van der Waals surface area contributed by atoms with Crippen molar-refractivity contribution in [2.24, 2.45) is 0 Å². The highest BCUT2D eigenvalue weighted by Crippen LogP contribution is 2.36. The number of nitrogen functional groups attached to an aromatic ring is 1. The average Bonchev–Trinajstić information content (AvgIpc) is 2.90. The topological polar surface area (TPSA) is 58.4 Å². The Morgan fingerprint density at radius 1 is 1.37 bits per heavy atom. The third kappa shape index (κ3) is 2.66. The van der Waals surface area contributed by atoms with Crippen LogP contribution in [0.3, 0.4) is 0 Å². The number of nitrogens with one attached hydrogen (secondary N) is 1. The van der Waals surface area contributed by atoms with Crippen LogP contribution in [0, 0.1) is 0 Å². The quantitative estimate of drug-likeness (QED) is 0.776. The molecule has 0 atom stereocenters. The maximum atomic E-state index is 12.4. The second-order valence-corrected chi connectivity index (χ2v) is 6.29. The molecule has 1 saturated carbocycles. The van der Waals surface area contributed by atoms with Crippen molar-refractivity contribution in [3.05, 3.63) is 18.2 Å². The highest BCUT2D eigenvalue weighted by atomic mass is 32.2. The van der Waals surface area contributed by atoms with Gasteiger partial charge >= 0.3 is 6.03 Å². The van der Waals surface area contributed by atoms with Crippen molar-refractivity contribution in [2.45, 2.75) is 36.6 Å². The van der Waals surface area contributed by atoms with Crippen molar-refractivity contribution in [3.8, 4) is 0 Å². The Hall–Kier alpha value is -1.36. The molecule has 0 radical (unpaired) electrons. The van der Waals surface area contributed by atoms with E-state index in [1.807, 2.05) is 23.1 Å². The fourth-order valence-corrected chi connectivity index (χ4v) is 3.74. The van der Waals surface area contributed by atoms with Crippen LogP contribution < -0.4 is 16.0 Å². The zero-order valence-electron chi connectivity index (χ0n) is 10.9. The number of thioether (sulfide) groups is 1. The molecule has 102 valence electrons. The minimum absolute atomic E-state index is 0.0269. The van der Waals surface area contributed by atoms with Crippen molar-refractivity contribution >= 4 is 29.2 Å². The van der Waals surface area contributed by atoms with Gasteiger partial charge in [0.15, 0.2) is 0 Å². The lowest BCUT2D eigenvalue weighted by atomic mass is 10.2. The summed E-state index contributed by atoms with van der Waals surface area (Å²) in [6.07, 6.45) is 4.67. The average molecular weight is 277 g/mol. The monoisotopic (exact) mass is 277 g/mol. The molecule has 4 nitrogen and oxygen atoms in total. The molecule has 1 aromatic rings. The first kappa shape index (κ1) is 12.7. The largest absolute Gasteiger partial charge is 0.399 e. The van der Waals surface area contributed by atoms with Crippen LogP contribution in [0.1, 0.15) is 25.7 Å². The van der Waals surface area contributed by atoms with Crippen molar-refractivity contribution in [1.82, 2.24) is 5.32 Å². The summed E-state index contributed by atoms with van der Waals surface area (Å²) >= 11 is 1.78. The smallest absolute Gasteiger partial charge is 0.322 e. The molecular formula is C14H19N3OS. The van der Waals surface area contributed by atoms with E-state index in [0.717, 1.165) is 35.7 Å². The fraction of sp³-hybridized carbons (Fsp3) is 0.500. The second kappa shape index (κ2) is 5.33. The summed E-state index contributed by atoms with van der Waals surface area (Å²) in [6, 6.07) is 6.18. The number of rotatable bonds is 1. The van der Waals surface area contributed by atoms with Gasteiger partial charge in [-0.25, -0.2) is 4.79 Å². The molecule has 1 aliphatic heterocycles. The molecule has 0 bridgehead atoms. The minimum Gasteiger partial charge on any atom is -0.399 e. The predicted molar refractivity (Wildman–Crippen MR) is 79.7 cm³/mol. The Kier molecular flexibility index (Phi) is 3.55. The Morgan fingerprint density at radius 2 is 2.16 bits per heavy atom. The lowest BCUT2D eigenvalue weighted by Gasteiger charge is -2.30. The zero-order chi connectivity index (χ0) is 13.2. The lowest BCUT2D eigenvalue weighted by Crippen LogP contribution is -2.46. The van der Waals surface area contributed by atoms with Gasteiger partial charge in [-0.3, -0.25) is 4.90 Å². The summed E-state index contributed by atoms with van der Waals surface area (Å²) < 4.78 is 0. The summed E-state index contributed by atoms with van der Waals surface area (Å²) in [6.45, 7) is 0.750. The summed E-state index contributed by atoms with van der Waals surface area (Å²) in [5.74, 6) is 0.939. The molecule has 0 saturated heterocycles. The van der Waals surface area contributed by atoms with Gasteiger partial charge in [-0.05, 0) is 31.0 Å². The molecule has 0 unspecified atom stereocenters. The summed E-state index contributed by atoms with van der Waals surface area (Å²) in [5.41, 5.74) is 7.50. The van der Waals surface area contributed by atoms with E-state index in [1.165, 1.54) is 12.8 Å². The van der Waals surface area contributed by atoms with E-state index in [1.54, 1.807) is 11.8 Å². The van der Waals surface area contributed by atoms with Crippen LogP contribution in [0.15, 0.2) is 23.1 Å². The van der Waals surface area contributed by atoms with Gasteiger partial charge in [0.05, 0.1) is 5.69 Å². The molecule has 2 amide bonds. The number of carbonyl (C=O) groups is 1. The molecule has 1 aliphatic carbocycles. The van der Waals surface area contributed by atoms with Crippen LogP contribution in [0.2, 0.25) is 0 Å². The van der Waals surface area contributed by atoms with Gasteiger partial charge in [0.1, 0.15) is 0 Å². The number of nitrogens with two attached hydrogens (primary N) is 1. The molecule has 3 rings (SSSR count). The van der Waals surface area contributed by atoms with Gasteiger partial charge in [-0.1, -0.05) is 12.8 Å². The van der Waals surface area contributed by atoms with Gasteiger partial charge in [-0.2, -0.15) is 0 Å². The van der Waals surface area contributed by atoms with Gasteiger partial charge in [0.25, 0.3) is 0 Å². The lowest BCUT2D eigenvalue weighted by molar-refractivity contribution is 0.243. The predicted octanol–water partition coefficient (Wildman–Crippen LogP) is 2.83. The third-order valence-electron chi connectivity index (χ3n) is 3.77. The van der Waals surface area contributed by atoms with Crippen LogP contribution in [0.25, 0.3) is 0 Å². The van der Waals surface area contributed by atoms with Crippen molar-refractivity contribution in [3.63, 3.8) is 0 Å². The Labute approximate surface area is 117 Å². The molecular weight excluding hydrogens is 258 g/mol. The normalized spacial score (nSPS) is 19.3. The van der Waals surface area contributed by atoms with E-state index in [9.17, 15) is 4.79 Å². The van der Waals surface area contributed by atoms with E-state index in [4.69, 9.17) is 5.73 Å². The van der Waals surface area contributed by atoms with Crippen LogP contribution in [-0.4, -0.2) is 24.4 Å². The third-order valence-corrected chi connectivity index (χ3v) is 4.82. The Balaban J connectivity index is 1.78. The number of benzene rings is 1. The number of hydrogen-bond donors (Lipinski definition) is 2. The molecule has 0 aromatic heterocycles. The number of anilines is 2. The molecule has 2 aliphatic rings. The molecule has 1 fully saturated rings. The maximum absolute atomic E-state index is 12.4. The number of carbonyl (C=O) groups excluding carboxylic acids is 1. The van der Waals surface area contributed by atoms with E-state index < -0.39 is 0 Å². The van der Waals surface area contributed by atoms with Crippen LogP contribution >= 0.6 is 11.8 Å². The molecule has 5 heteroatoms. The minimum atomic E-state index is 0.0269. The fourth-order valence-electron chi connectivity index (χ4n) is 2.77. The second-order valence-electron chi connectivity index (χ2n) is 5.16. The highest BCUT2D eigenvalue weighted by Gasteiger charge is 2.26. The van der Waals surface area contributed by atoms with E-state index in [0.29, 0.717) is 11.7 Å². The number of amides is 2. The zero-order valence-corrected chi connectivity index (χ0v) is 11.7. The number of hydrogen-bond acceptors (Lipinski definition) is 3. The summed E-state index contributed by atoms with van der Waals surface area (Å²) in [5, 5.41) is 3.15. The van der Waals surface area contributed by atoms with Gasteiger partial charge in [0, 0.05) is 28.9 Å².